The molecule has 2 fully saturated rings. The summed E-state index contributed by atoms with van der Waals surface area (Å²) in [6.07, 6.45) is 3.44. The smallest absolute Gasteiger partial charge is 0.227 e. The summed E-state index contributed by atoms with van der Waals surface area (Å²) in [5.41, 5.74) is 4.82. The summed E-state index contributed by atoms with van der Waals surface area (Å²) in [6, 6.07) is 4.31. The molecule has 0 N–H and O–H groups in total. The van der Waals surface area contributed by atoms with Crippen molar-refractivity contribution in [2.45, 2.75) is 46.5 Å². The van der Waals surface area contributed by atoms with Gasteiger partial charge >= 0.3 is 0 Å². The van der Waals surface area contributed by atoms with E-state index in [9.17, 15) is 9.59 Å². The first-order chi connectivity index (χ1) is 11.5. The van der Waals surface area contributed by atoms with Crippen molar-refractivity contribution in [3.8, 4) is 0 Å². The summed E-state index contributed by atoms with van der Waals surface area (Å²) in [4.78, 5) is 28.8. The Bertz CT molecular complexity index is 649. The van der Waals surface area contributed by atoms with Crippen LogP contribution in [0.1, 0.15) is 41.5 Å². The summed E-state index contributed by atoms with van der Waals surface area (Å²) < 4.78 is 0. The Hall–Kier alpha value is -1.84. The quantitative estimate of drug-likeness (QED) is 0.856. The maximum absolute atomic E-state index is 12.7. The molecule has 0 unspecified atom stereocenters. The molecule has 0 radical (unpaired) electrons. The van der Waals surface area contributed by atoms with E-state index in [-0.39, 0.29) is 11.8 Å². The topological polar surface area (TPSA) is 40.6 Å². The number of rotatable bonds is 3. The van der Waals surface area contributed by atoms with Crippen LogP contribution in [0.5, 0.6) is 0 Å². The van der Waals surface area contributed by atoms with Crippen molar-refractivity contribution in [3.63, 3.8) is 0 Å². The molecule has 1 saturated heterocycles. The van der Waals surface area contributed by atoms with Crippen molar-refractivity contribution in [1.29, 1.82) is 0 Å². The van der Waals surface area contributed by atoms with Crippen LogP contribution in [0.15, 0.2) is 12.1 Å². The molecular formula is C20H28N2O2. The molecule has 2 aliphatic rings. The lowest BCUT2D eigenvalue weighted by Gasteiger charge is -2.22. The highest BCUT2D eigenvalue weighted by atomic mass is 16.2. The number of hydrogen-bond donors (Lipinski definition) is 0. The van der Waals surface area contributed by atoms with Gasteiger partial charge in [0, 0.05) is 32.1 Å². The monoisotopic (exact) mass is 328 g/mol. The molecule has 3 rings (SSSR count). The third-order valence-electron chi connectivity index (χ3n) is 5.38. The highest BCUT2D eigenvalue weighted by Crippen LogP contribution is 2.31. The van der Waals surface area contributed by atoms with Crippen molar-refractivity contribution in [2.75, 3.05) is 26.2 Å². The van der Waals surface area contributed by atoms with Crippen LogP contribution in [-0.2, 0) is 16.0 Å². The molecule has 0 spiro atoms. The molecule has 4 heteroatoms. The van der Waals surface area contributed by atoms with Gasteiger partial charge in [-0.25, -0.2) is 0 Å². The van der Waals surface area contributed by atoms with Gasteiger partial charge in [0.2, 0.25) is 11.8 Å². The molecule has 0 bridgehead atoms. The maximum Gasteiger partial charge on any atom is 0.227 e. The Kier molecular flexibility index (Phi) is 4.93. The predicted molar refractivity (Wildman–Crippen MR) is 94.9 cm³/mol. The zero-order chi connectivity index (χ0) is 17.3. The lowest BCUT2D eigenvalue weighted by molar-refractivity contribution is -0.134. The minimum atomic E-state index is 0.182. The van der Waals surface area contributed by atoms with Gasteiger partial charge in [-0.3, -0.25) is 9.59 Å². The van der Waals surface area contributed by atoms with E-state index >= 15 is 0 Å². The molecule has 1 heterocycles. The number of carbonyl (C=O) groups excluding carboxylic acids is 2. The Morgan fingerprint density at radius 3 is 2.25 bits per heavy atom. The molecule has 1 aromatic carbocycles. The number of carbonyl (C=O) groups is 2. The fourth-order valence-electron chi connectivity index (χ4n) is 3.46. The van der Waals surface area contributed by atoms with Crippen molar-refractivity contribution < 1.29 is 9.59 Å². The van der Waals surface area contributed by atoms with Crippen LogP contribution in [0.4, 0.5) is 0 Å². The second-order valence-electron chi connectivity index (χ2n) is 7.37. The molecule has 1 aliphatic heterocycles. The fourth-order valence-corrected chi connectivity index (χ4v) is 3.46. The average molecular weight is 328 g/mol. The van der Waals surface area contributed by atoms with Crippen molar-refractivity contribution in [2.24, 2.45) is 5.92 Å². The Morgan fingerprint density at radius 1 is 0.917 bits per heavy atom. The minimum absolute atomic E-state index is 0.182. The normalized spacial score (nSPS) is 18.5. The lowest BCUT2D eigenvalue weighted by atomic mass is 9.98. The maximum atomic E-state index is 12.7. The Labute approximate surface area is 144 Å². The molecule has 24 heavy (non-hydrogen) atoms. The van der Waals surface area contributed by atoms with Gasteiger partial charge in [-0.1, -0.05) is 12.1 Å². The molecule has 1 aromatic rings. The molecule has 0 atom stereocenters. The number of amides is 2. The van der Waals surface area contributed by atoms with E-state index < -0.39 is 0 Å². The van der Waals surface area contributed by atoms with Gasteiger partial charge in [-0.2, -0.15) is 0 Å². The molecule has 130 valence electrons. The summed E-state index contributed by atoms with van der Waals surface area (Å²) in [6.45, 7) is 9.19. The standard InChI is InChI=1S/C20H28N2O2/c1-14-11-16(3)18(12-15(14)2)13-19(23)21-7-4-8-22(10-9-21)20(24)17-5-6-17/h11-12,17H,4-10,13H2,1-3H3. The fraction of sp³-hybridized carbons (Fsp3) is 0.600. The van der Waals surface area contributed by atoms with Gasteiger partial charge in [0.25, 0.3) is 0 Å². The molecule has 1 saturated carbocycles. The van der Waals surface area contributed by atoms with E-state index in [4.69, 9.17) is 0 Å². The molecule has 0 aromatic heterocycles. The van der Waals surface area contributed by atoms with Gasteiger partial charge in [-0.05, 0) is 62.3 Å². The van der Waals surface area contributed by atoms with Crippen LogP contribution in [0.25, 0.3) is 0 Å². The second-order valence-corrected chi connectivity index (χ2v) is 7.37. The van der Waals surface area contributed by atoms with Crippen LogP contribution < -0.4 is 0 Å². The van der Waals surface area contributed by atoms with Crippen LogP contribution in [0.3, 0.4) is 0 Å². The van der Waals surface area contributed by atoms with Crippen molar-refractivity contribution in [1.82, 2.24) is 9.80 Å². The summed E-state index contributed by atoms with van der Waals surface area (Å²) in [5, 5.41) is 0. The first kappa shape index (κ1) is 17.0. The van der Waals surface area contributed by atoms with E-state index in [0.717, 1.165) is 37.9 Å². The third kappa shape index (κ3) is 3.80. The van der Waals surface area contributed by atoms with Gasteiger partial charge in [0.05, 0.1) is 6.42 Å². The lowest BCUT2D eigenvalue weighted by Crippen LogP contribution is -2.38. The largest absolute Gasteiger partial charge is 0.341 e. The van der Waals surface area contributed by atoms with Gasteiger partial charge < -0.3 is 9.80 Å². The highest BCUT2D eigenvalue weighted by molar-refractivity contribution is 5.82. The van der Waals surface area contributed by atoms with Crippen molar-refractivity contribution >= 4 is 11.8 Å². The molecule has 1 aliphatic carbocycles. The number of benzene rings is 1. The molecule has 2 amide bonds. The average Bonchev–Trinajstić information content (AvgIpc) is 3.38. The summed E-state index contributed by atoms with van der Waals surface area (Å²) in [7, 11) is 0. The zero-order valence-electron chi connectivity index (χ0n) is 15.1. The minimum Gasteiger partial charge on any atom is -0.341 e. The van der Waals surface area contributed by atoms with E-state index in [0.29, 0.717) is 25.4 Å². The number of hydrogen-bond acceptors (Lipinski definition) is 2. The highest BCUT2D eigenvalue weighted by Gasteiger charge is 2.34. The Morgan fingerprint density at radius 2 is 1.54 bits per heavy atom. The van der Waals surface area contributed by atoms with Gasteiger partial charge in [0.15, 0.2) is 0 Å². The van der Waals surface area contributed by atoms with E-state index in [1.165, 1.54) is 16.7 Å². The molecule has 4 nitrogen and oxygen atoms in total. The number of aryl methyl sites for hydroxylation is 3. The zero-order valence-corrected chi connectivity index (χ0v) is 15.1. The number of nitrogens with zero attached hydrogens (tertiary/aromatic N) is 2. The van der Waals surface area contributed by atoms with Crippen LogP contribution in [0.2, 0.25) is 0 Å². The van der Waals surface area contributed by atoms with Crippen LogP contribution >= 0.6 is 0 Å². The first-order valence-electron chi connectivity index (χ1n) is 9.09. The Balaban J connectivity index is 1.61. The first-order valence-corrected chi connectivity index (χ1v) is 9.09. The van der Waals surface area contributed by atoms with Gasteiger partial charge in [0.1, 0.15) is 0 Å². The summed E-state index contributed by atoms with van der Waals surface area (Å²) in [5.74, 6) is 0.752. The van der Waals surface area contributed by atoms with E-state index in [2.05, 4.69) is 32.9 Å². The van der Waals surface area contributed by atoms with Crippen LogP contribution in [-0.4, -0.2) is 47.8 Å². The van der Waals surface area contributed by atoms with Crippen LogP contribution in [0, 0.1) is 26.7 Å². The molecular weight excluding hydrogens is 300 g/mol. The third-order valence-corrected chi connectivity index (χ3v) is 5.38. The summed E-state index contributed by atoms with van der Waals surface area (Å²) >= 11 is 0. The van der Waals surface area contributed by atoms with Crippen molar-refractivity contribution in [3.05, 3.63) is 34.4 Å². The van der Waals surface area contributed by atoms with E-state index in [1.807, 2.05) is 9.80 Å². The van der Waals surface area contributed by atoms with E-state index in [1.54, 1.807) is 0 Å². The SMILES string of the molecule is Cc1cc(C)c(CC(=O)N2CCCN(C(=O)C3CC3)CC2)cc1C. The predicted octanol–water partition coefficient (Wildman–Crippen LogP) is 2.63. The van der Waals surface area contributed by atoms with Gasteiger partial charge in [-0.15, -0.1) is 0 Å². The second kappa shape index (κ2) is 6.96.